The quantitative estimate of drug-likeness (QED) is 0.679. The Kier molecular flexibility index (Phi) is 4.60. The van der Waals surface area contributed by atoms with E-state index < -0.39 is 0 Å². The maximum Gasteiger partial charge on any atom is 0.292 e. The van der Waals surface area contributed by atoms with Crippen molar-refractivity contribution in [3.8, 4) is 0 Å². The van der Waals surface area contributed by atoms with Gasteiger partial charge >= 0.3 is 0 Å². The molecule has 2 atom stereocenters. The van der Waals surface area contributed by atoms with Crippen LogP contribution >= 0.6 is 0 Å². The van der Waals surface area contributed by atoms with Crippen molar-refractivity contribution in [2.75, 3.05) is 25.5 Å². The number of hydrogen-bond acceptors (Lipinski definition) is 4. The summed E-state index contributed by atoms with van der Waals surface area (Å²) in [6, 6.07) is 5.59. The van der Waals surface area contributed by atoms with Gasteiger partial charge in [0.1, 0.15) is 5.69 Å². The van der Waals surface area contributed by atoms with Crippen LogP contribution in [0.4, 0.5) is 11.4 Å². The van der Waals surface area contributed by atoms with Crippen LogP contribution in [0, 0.1) is 23.0 Å². The first-order chi connectivity index (χ1) is 9.47. The van der Waals surface area contributed by atoms with Gasteiger partial charge in [-0.05, 0) is 57.8 Å². The first-order valence-corrected chi connectivity index (χ1v) is 7.17. The number of likely N-dealkylation sites (tertiary alicyclic amines) is 1. The molecule has 1 saturated heterocycles. The molecule has 1 aliphatic heterocycles. The summed E-state index contributed by atoms with van der Waals surface area (Å²) >= 11 is 0. The van der Waals surface area contributed by atoms with Gasteiger partial charge in [-0.2, -0.15) is 0 Å². The summed E-state index contributed by atoms with van der Waals surface area (Å²) in [5, 5.41) is 14.5. The Labute approximate surface area is 120 Å². The molecule has 2 unspecified atom stereocenters. The maximum atomic E-state index is 11.1. The van der Waals surface area contributed by atoms with Gasteiger partial charge in [0.25, 0.3) is 5.69 Å². The third kappa shape index (κ3) is 3.48. The van der Waals surface area contributed by atoms with E-state index in [0.29, 0.717) is 11.6 Å². The van der Waals surface area contributed by atoms with Crippen LogP contribution in [0.3, 0.4) is 0 Å². The van der Waals surface area contributed by atoms with Crippen LogP contribution in [0.5, 0.6) is 0 Å². The van der Waals surface area contributed by atoms with E-state index in [4.69, 9.17) is 0 Å². The summed E-state index contributed by atoms with van der Waals surface area (Å²) in [4.78, 5) is 13.2. The lowest BCUT2D eigenvalue weighted by Gasteiger charge is -2.34. The number of piperidine rings is 1. The molecule has 1 fully saturated rings. The summed E-state index contributed by atoms with van der Waals surface area (Å²) < 4.78 is 0. The number of benzene rings is 1. The van der Waals surface area contributed by atoms with Gasteiger partial charge in [0, 0.05) is 18.7 Å². The third-order valence-corrected chi connectivity index (χ3v) is 4.10. The number of rotatable bonds is 4. The number of nitro groups is 1. The molecular weight excluding hydrogens is 254 g/mol. The van der Waals surface area contributed by atoms with E-state index in [1.165, 1.54) is 12.8 Å². The van der Waals surface area contributed by atoms with Gasteiger partial charge in [0.2, 0.25) is 0 Å². The van der Waals surface area contributed by atoms with Gasteiger partial charge in [-0.25, -0.2) is 0 Å². The molecular formula is C15H23N3O2. The van der Waals surface area contributed by atoms with Crippen LogP contribution in [0.25, 0.3) is 0 Å². The maximum absolute atomic E-state index is 11.1. The zero-order valence-electron chi connectivity index (χ0n) is 12.4. The minimum Gasteiger partial charge on any atom is -0.377 e. The van der Waals surface area contributed by atoms with Gasteiger partial charge in [-0.3, -0.25) is 10.1 Å². The number of anilines is 1. The second-order valence-electron chi connectivity index (χ2n) is 5.88. The average Bonchev–Trinajstić information content (AvgIpc) is 2.40. The average molecular weight is 277 g/mol. The molecule has 2 rings (SSSR count). The lowest BCUT2D eigenvalue weighted by atomic mass is 9.91. The second kappa shape index (κ2) is 6.22. The highest BCUT2D eigenvalue weighted by Crippen LogP contribution is 2.28. The van der Waals surface area contributed by atoms with E-state index in [-0.39, 0.29) is 16.7 Å². The number of nitro benzene ring substituents is 1. The summed E-state index contributed by atoms with van der Waals surface area (Å²) in [5.74, 6) is 0.537. The summed E-state index contributed by atoms with van der Waals surface area (Å²) in [6.07, 6.45) is 2.38. The molecule has 0 saturated carbocycles. The van der Waals surface area contributed by atoms with E-state index in [2.05, 4.69) is 24.2 Å². The highest BCUT2D eigenvalue weighted by molar-refractivity contribution is 5.62. The van der Waals surface area contributed by atoms with Crippen LogP contribution in [0.2, 0.25) is 0 Å². The Morgan fingerprint density at radius 2 is 2.25 bits per heavy atom. The first kappa shape index (κ1) is 14.8. The number of nitrogens with one attached hydrogen (secondary N) is 1. The summed E-state index contributed by atoms with van der Waals surface area (Å²) in [6.45, 7) is 6.19. The molecule has 5 heteroatoms. The third-order valence-electron chi connectivity index (χ3n) is 4.10. The van der Waals surface area contributed by atoms with Crippen molar-refractivity contribution in [3.05, 3.63) is 33.9 Å². The minimum absolute atomic E-state index is 0.168. The topological polar surface area (TPSA) is 58.4 Å². The zero-order valence-corrected chi connectivity index (χ0v) is 12.4. The predicted octanol–water partition coefficient (Wildman–Crippen LogP) is 3.05. The fourth-order valence-corrected chi connectivity index (χ4v) is 2.89. The van der Waals surface area contributed by atoms with E-state index >= 15 is 0 Å². The molecule has 0 aromatic heterocycles. The Hall–Kier alpha value is -1.62. The van der Waals surface area contributed by atoms with Gasteiger partial charge < -0.3 is 10.2 Å². The van der Waals surface area contributed by atoms with E-state index in [1.54, 1.807) is 6.07 Å². The summed E-state index contributed by atoms with van der Waals surface area (Å²) in [7, 11) is 2.13. The molecule has 0 bridgehead atoms. The number of nitrogens with zero attached hydrogens (tertiary/aromatic N) is 2. The van der Waals surface area contributed by atoms with Gasteiger partial charge in [0.05, 0.1) is 4.92 Å². The van der Waals surface area contributed by atoms with Gasteiger partial charge in [-0.15, -0.1) is 0 Å². The molecule has 1 heterocycles. The largest absolute Gasteiger partial charge is 0.377 e. The standard InChI is InChI=1S/C15H23N3O2/c1-11-6-7-14(15(9-11)18(19)20)16-12(2)13-5-4-8-17(3)10-13/h6-7,9,12-13,16H,4-5,8,10H2,1-3H3. The fraction of sp³-hybridized carbons (Fsp3) is 0.600. The van der Waals surface area contributed by atoms with Crippen molar-refractivity contribution < 1.29 is 4.92 Å². The highest BCUT2D eigenvalue weighted by atomic mass is 16.6. The molecule has 110 valence electrons. The molecule has 0 radical (unpaired) electrons. The Balaban J connectivity index is 2.11. The van der Waals surface area contributed by atoms with Crippen molar-refractivity contribution in [1.29, 1.82) is 0 Å². The Morgan fingerprint density at radius 3 is 2.90 bits per heavy atom. The first-order valence-electron chi connectivity index (χ1n) is 7.17. The lowest BCUT2D eigenvalue weighted by Crippen LogP contribution is -2.39. The Morgan fingerprint density at radius 1 is 1.50 bits per heavy atom. The van der Waals surface area contributed by atoms with Crippen molar-refractivity contribution in [2.45, 2.75) is 32.7 Å². The SMILES string of the molecule is Cc1ccc(NC(C)C2CCCN(C)C2)c([N+](=O)[O-])c1. The van der Waals surface area contributed by atoms with Crippen LogP contribution in [0.1, 0.15) is 25.3 Å². The summed E-state index contributed by atoms with van der Waals surface area (Å²) in [5.41, 5.74) is 1.70. The molecule has 20 heavy (non-hydrogen) atoms. The molecule has 1 aromatic rings. The van der Waals surface area contributed by atoms with Crippen molar-refractivity contribution in [3.63, 3.8) is 0 Å². The van der Waals surface area contributed by atoms with Crippen LogP contribution in [-0.4, -0.2) is 36.0 Å². The van der Waals surface area contributed by atoms with Gasteiger partial charge in [-0.1, -0.05) is 6.07 Å². The van der Waals surface area contributed by atoms with Crippen LogP contribution in [-0.2, 0) is 0 Å². The predicted molar refractivity (Wildman–Crippen MR) is 81.1 cm³/mol. The zero-order chi connectivity index (χ0) is 14.7. The fourth-order valence-electron chi connectivity index (χ4n) is 2.89. The van der Waals surface area contributed by atoms with Crippen molar-refractivity contribution >= 4 is 11.4 Å². The number of aryl methyl sites for hydroxylation is 1. The van der Waals surface area contributed by atoms with E-state index in [9.17, 15) is 10.1 Å². The second-order valence-corrected chi connectivity index (χ2v) is 5.88. The minimum atomic E-state index is -0.310. The van der Waals surface area contributed by atoms with Crippen LogP contribution < -0.4 is 5.32 Å². The normalized spacial score (nSPS) is 21.4. The van der Waals surface area contributed by atoms with Crippen molar-refractivity contribution in [2.24, 2.45) is 5.92 Å². The lowest BCUT2D eigenvalue weighted by molar-refractivity contribution is -0.384. The number of hydrogen-bond donors (Lipinski definition) is 1. The molecule has 1 aromatic carbocycles. The van der Waals surface area contributed by atoms with Crippen molar-refractivity contribution in [1.82, 2.24) is 4.90 Å². The highest BCUT2D eigenvalue weighted by Gasteiger charge is 2.24. The molecule has 5 nitrogen and oxygen atoms in total. The van der Waals surface area contributed by atoms with Crippen LogP contribution in [0.15, 0.2) is 18.2 Å². The molecule has 0 amide bonds. The molecule has 0 aliphatic carbocycles. The van der Waals surface area contributed by atoms with E-state index in [0.717, 1.165) is 18.7 Å². The molecule has 1 N–H and O–H groups in total. The monoisotopic (exact) mass is 277 g/mol. The van der Waals surface area contributed by atoms with E-state index in [1.807, 2.05) is 19.1 Å². The smallest absolute Gasteiger partial charge is 0.292 e. The van der Waals surface area contributed by atoms with Gasteiger partial charge in [0.15, 0.2) is 0 Å². The Bertz CT molecular complexity index is 490. The molecule has 1 aliphatic rings. The molecule has 0 spiro atoms.